The second-order valence-electron chi connectivity index (χ2n) is 3.40. The van der Waals surface area contributed by atoms with Crippen molar-refractivity contribution in [3.63, 3.8) is 0 Å². The fourth-order valence-corrected chi connectivity index (χ4v) is 2.25. The molecule has 1 aliphatic heterocycles. The van der Waals surface area contributed by atoms with Crippen LogP contribution in [0.4, 0.5) is 0 Å². The van der Waals surface area contributed by atoms with Crippen molar-refractivity contribution in [1.82, 2.24) is 5.32 Å². The van der Waals surface area contributed by atoms with Gasteiger partial charge in [0.15, 0.2) is 0 Å². The van der Waals surface area contributed by atoms with Gasteiger partial charge in [-0.1, -0.05) is 29.3 Å². The normalized spacial score (nSPS) is 19.7. The van der Waals surface area contributed by atoms with Gasteiger partial charge in [-0.2, -0.15) is 0 Å². The average molecular weight is 246 g/mol. The van der Waals surface area contributed by atoms with Crippen molar-refractivity contribution in [2.75, 3.05) is 6.54 Å². The first-order chi connectivity index (χ1) is 7.11. The van der Waals surface area contributed by atoms with Gasteiger partial charge in [-0.15, -0.1) is 0 Å². The smallest absolute Gasteiger partial charge is 0.325 e. The number of carboxylic acids is 1. The van der Waals surface area contributed by atoms with Crippen LogP contribution in [0.15, 0.2) is 12.1 Å². The Bertz CT molecular complexity index is 420. The van der Waals surface area contributed by atoms with Gasteiger partial charge in [0.1, 0.15) is 6.04 Å². The van der Waals surface area contributed by atoms with Crippen molar-refractivity contribution >= 4 is 29.2 Å². The fourth-order valence-electron chi connectivity index (χ4n) is 1.80. The van der Waals surface area contributed by atoms with E-state index in [-0.39, 0.29) is 0 Å². The summed E-state index contributed by atoms with van der Waals surface area (Å²) >= 11 is 11.9. The number of carbonyl (C=O) groups is 1. The molecule has 15 heavy (non-hydrogen) atoms. The number of hydrogen-bond donors (Lipinski definition) is 2. The third kappa shape index (κ3) is 1.83. The molecule has 1 aromatic carbocycles. The van der Waals surface area contributed by atoms with E-state index in [0.29, 0.717) is 28.6 Å². The summed E-state index contributed by atoms with van der Waals surface area (Å²) in [5.74, 6) is -0.894. The van der Waals surface area contributed by atoms with Crippen molar-refractivity contribution in [1.29, 1.82) is 0 Å². The third-order valence-electron chi connectivity index (χ3n) is 2.51. The van der Waals surface area contributed by atoms with E-state index in [0.717, 1.165) is 5.56 Å². The molecule has 0 radical (unpaired) electrons. The molecule has 1 aromatic rings. The van der Waals surface area contributed by atoms with E-state index >= 15 is 0 Å². The quantitative estimate of drug-likeness (QED) is 0.799. The van der Waals surface area contributed by atoms with Crippen LogP contribution >= 0.6 is 23.2 Å². The minimum absolute atomic E-state index is 0.474. The average Bonchev–Trinajstić information content (AvgIpc) is 2.23. The molecule has 1 heterocycles. The summed E-state index contributed by atoms with van der Waals surface area (Å²) in [6.07, 6.45) is 0.707. The molecular formula is C10H9Cl2NO2. The number of benzene rings is 1. The van der Waals surface area contributed by atoms with Crippen LogP contribution in [0.5, 0.6) is 0 Å². The first-order valence-electron chi connectivity index (χ1n) is 4.54. The largest absolute Gasteiger partial charge is 0.480 e. The minimum atomic E-state index is -0.894. The molecule has 0 saturated heterocycles. The highest BCUT2D eigenvalue weighted by atomic mass is 35.5. The van der Waals surface area contributed by atoms with E-state index in [1.54, 1.807) is 12.1 Å². The van der Waals surface area contributed by atoms with Crippen LogP contribution in [-0.4, -0.2) is 17.6 Å². The molecule has 0 aliphatic carbocycles. The van der Waals surface area contributed by atoms with Crippen LogP contribution in [0, 0.1) is 0 Å². The number of carboxylic acid groups (broad SMARTS) is 1. The lowest BCUT2D eigenvalue weighted by atomic mass is 9.94. The lowest BCUT2D eigenvalue weighted by Crippen LogP contribution is -2.35. The zero-order valence-electron chi connectivity index (χ0n) is 7.76. The Labute approximate surface area is 97.0 Å². The second kappa shape index (κ2) is 4.00. The summed E-state index contributed by atoms with van der Waals surface area (Å²) in [5.41, 5.74) is 1.55. The summed E-state index contributed by atoms with van der Waals surface area (Å²) < 4.78 is 0. The van der Waals surface area contributed by atoms with Crippen LogP contribution in [0.1, 0.15) is 17.2 Å². The maximum atomic E-state index is 11.0. The van der Waals surface area contributed by atoms with Crippen molar-refractivity contribution in [2.45, 2.75) is 12.5 Å². The van der Waals surface area contributed by atoms with Crippen LogP contribution in [0.2, 0.25) is 10.0 Å². The number of nitrogens with one attached hydrogen (secondary N) is 1. The molecule has 0 spiro atoms. The highest BCUT2D eigenvalue weighted by Crippen LogP contribution is 2.33. The Morgan fingerprint density at radius 1 is 1.47 bits per heavy atom. The number of hydrogen-bond acceptors (Lipinski definition) is 2. The number of rotatable bonds is 1. The van der Waals surface area contributed by atoms with Gasteiger partial charge < -0.3 is 10.4 Å². The minimum Gasteiger partial charge on any atom is -0.480 e. The zero-order chi connectivity index (χ0) is 11.0. The molecule has 0 amide bonds. The SMILES string of the molecule is O=C(O)C1NCCc2c1ccc(Cl)c2Cl. The summed E-state index contributed by atoms with van der Waals surface area (Å²) in [7, 11) is 0. The van der Waals surface area contributed by atoms with Crippen molar-refractivity contribution in [2.24, 2.45) is 0 Å². The van der Waals surface area contributed by atoms with Crippen molar-refractivity contribution in [3.8, 4) is 0 Å². The topological polar surface area (TPSA) is 49.3 Å². The maximum absolute atomic E-state index is 11.0. The molecule has 3 nitrogen and oxygen atoms in total. The molecular weight excluding hydrogens is 237 g/mol. The molecule has 80 valence electrons. The van der Waals surface area contributed by atoms with Crippen molar-refractivity contribution < 1.29 is 9.90 Å². The van der Waals surface area contributed by atoms with E-state index in [1.807, 2.05) is 0 Å². The van der Waals surface area contributed by atoms with Crippen LogP contribution in [0.25, 0.3) is 0 Å². The van der Waals surface area contributed by atoms with Gasteiger partial charge in [0, 0.05) is 6.54 Å². The van der Waals surface area contributed by atoms with Crippen LogP contribution in [-0.2, 0) is 11.2 Å². The van der Waals surface area contributed by atoms with Gasteiger partial charge in [0.2, 0.25) is 0 Å². The molecule has 0 aromatic heterocycles. The third-order valence-corrected chi connectivity index (χ3v) is 3.36. The van der Waals surface area contributed by atoms with Gasteiger partial charge in [-0.25, -0.2) is 0 Å². The van der Waals surface area contributed by atoms with E-state index in [1.165, 1.54) is 0 Å². The van der Waals surface area contributed by atoms with Gasteiger partial charge in [-0.3, -0.25) is 4.79 Å². The standard InChI is InChI=1S/C10H9Cl2NO2/c11-7-2-1-6-5(8(7)12)3-4-13-9(6)10(14)15/h1-2,9,13H,3-4H2,(H,14,15). The van der Waals surface area contributed by atoms with Gasteiger partial charge in [0.05, 0.1) is 10.0 Å². The predicted molar refractivity (Wildman–Crippen MR) is 58.5 cm³/mol. The molecule has 1 aliphatic rings. The van der Waals surface area contributed by atoms with Crippen molar-refractivity contribution in [3.05, 3.63) is 33.3 Å². The lowest BCUT2D eigenvalue weighted by Gasteiger charge is -2.24. The Morgan fingerprint density at radius 2 is 2.20 bits per heavy atom. The number of aliphatic carboxylic acids is 1. The molecule has 0 bridgehead atoms. The Morgan fingerprint density at radius 3 is 2.87 bits per heavy atom. The first kappa shape index (κ1) is 10.7. The predicted octanol–water partition coefficient (Wildman–Crippen LogP) is 2.26. The highest BCUT2D eigenvalue weighted by molar-refractivity contribution is 6.42. The Hall–Kier alpha value is -0.770. The highest BCUT2D eigenvalue weighted by Gasteiger charge is 2.27. The summed E-state index contributed by atoms with van der Waals surface area (Å²) in [4.78, 5) is 11.0. The molecule has 0 fully saturated rings. The van der Waals surface area contributed by atoms with E-state index in [4.69, 9.17) is 28.3 Å². The van der Waals surface area contributed by atoms with Gasteiger partial charge in [-0.05, 0) is 23.6 Å². The summed E-state index contributed by atoms with van der Waals surface area (Å²) in [5, 5.41) is 12.9. The molecule has 0 saturated carbocycles. The summed E-state index contributed by atoms with van der Waals surface area (Å²) in [6, 6.07) is 2.67. The van der Waals surface area contributed by atoms with Crippen LogP contribution in [0.3, 0.4) is 0 Å². The maximum Gasteiger partial charge on any atom is 0.325 e. The van der Waals surface area contributed by atoms with Gasteiger partial charge >= 0.3 is 5.97 Å². The van der Waals surface area contributed by atoms with E-state index < -0.39 is 12.0 Å². The fraction of sp³-hybridized carbons (Fsp3) is 0.300. The Balaban J connectivity index is 2.54. The van der Waals surface area contributed by atoms with Crippen LogP contribution < -0.4 is 5.32 Å². The molecule has 1 atom stereocenters. The first-order valence-corrected chi connectivity index (χ1v) is 5.30. The molecule has 5 heteroatoms. The number of halogens is 2. The number of fused-ring (bicyclic) bond motifs is 1. The van der Waals surface area contributed by atoms with E-state index in [2.05, 4.69) is 5.32 Å². The molecule has 1 unspecified atom stereocenters. The molecule has 2 N–H and O–H groups in total. The van der Waals surface area contributed by atoms with Gasteiger partial charge in [0.25, 0.3) is 0 Å². The zero-order valence-corrected chi connectivity index (χ0v) is 9.27. The molecule has 2 rings (SSSR count). The van der Waals surface area contributed by atoms with E-state index in [9.17, 15) is 4.79 Å². The second-order valence-corrected chi connectivity index (χ2v) is 4.19. The Kier molecular flexibility index (Phi) is 2.87. The lowest BCUT2D eigenvalue weighted by molar-refractivity contribution is -0.139. The monoisotopic (exact) mass is 245 g/mol. The summed E-state index contributed by atoms with van der Waals surface area (Å²) in [6.45, 7) is 0.601.